The summed E-state index contributed by atoms with van der Waals surface area (Å²) in [6, 6.07) is 5.27. The van der Waals surface area contributed by atoms with Crippen molar-refractivity contribution < 1.29 is 13.9 Å². The second-order valence-corrected chi connectivity index (χ2v) is 2.90. The molecule has 2 rings (SSSR count). The van der Waals surface area contributed by atoms with Crippen molar-refractivity contribution in [3.8, 4) is 17.0 Å². The summed E-state index contributed by atoms with van der Waals surface area (Å²) in [5.41, 5.74) is 1.59. The fourth-order valence-corrected chi connectivity index (χ4v) is 1.34. The van der Waals surface area contributed by atoms with Crippen LogP contribution in [0, 0.1) is 0 Å². The van der Waals surface area contributed by atoms with Gasteiger partial charge in [-0.15, -0.1) is 0 Å². The molecular weight excluding hydrogens is 194 g/mol. The molecule has 4 nitrogen and oxygen atoms in total. The van der Waals surface area contributed by atoms with Crippen LogP contribution in [-0.2, 0) is 0 Å². The average Bonchev–Trinajstić information content (AvgIpc) is 2.77. The number of nitrogens with zero attached hydrogens (tertiary/aromatic N) is 1. The number of pyridine rings is 1. The second-order valence-electron chi connectivity index (χ2n) is 2.90. The Hall–Kier alpha value is -2.10. The molecule has 0 unspecified atom stereocenters. The molecule has 0 aromatic carbocycles. The first-order valence-corrected chi connectivity index (χ1v) is 4.38. The van der Waals surface area contributed by atoms with Gasteiger partial charge in [-0.3, -0.25) is 4.79 Å². The van der Waals surface area contributed by atoms with E-state index in [1.54, 1.807) is 31.5 Å². The van der Waals surface area contributed by atoms with Gasteiger partial charge in [-0.25, -0.2) is 4.98 Å². The lowest BCUT2D eigenvalue weighted by molar-refractivity contribution is 0.110. The standard InChI is InChI=1S/C11H9NO3/c1-14-11-6-8(2-4-12-11)9-3-5-15-10(9)7-13/h2-7H,1H3. The number of hydrogen-bond donors (Lipinski definition) is 0. The topological polar surface area (TPSA) is 52.3 Å². The van der Waals surface area contributed by atoms with Gasteiger partial charge < -0.3 is 9.15 Å². The Morgan fingerprint density at radius 2 is 2.33 bits per heavy atom. The summed E-state index contributed by atoms with van der Waals surface area (Å²) >= 11 is 0. The highest BCUT2D eigenvalue weighted by atomic mass is 16.5. The third-order valence-electron chi connectivity index (χ3n) is 2.06. The molecule has 0 saturated carbocycles. The molecule has 0 saturated heterocycles. The smallest absolute Gasteiger partial charge is 0.213 e. The van der Waals surface area contributed by atoms with E-state index in [9.17, 15) is 4.79 Å². The van der Waals surface area contributed by atoms with Crippen molar-refractivity contribution in [3.63, 3.8) is 0 Å². The van der Waals surface area contributed by atoms with Gasteiger partial charge in [-0.2, -0.15) is 0 Å². The Labute approximate surface area is 86.5 Å². The van der Waals surface area contributed by atoms with E-state index in [1.807, 2.05) is 0 Å². The van der Waals surface area contributed by atoms with Crippen LogP contribution in [0.2, 0.25) is 0 Å². The zero-order valence-corrected chi connectivity index (χ0v) is 8.14. The summed E-state index contributed by atoms with van der Waals surface area (Å²) in [5.74, 6) is 0.814. The zero-order valence-electron chi connectivity index (χ0n) is 8.14. The number of aromatic nitrogens is 1. The van der Waals surface area contributed by atoms with E-state index in [1.165, 1.54) is 6.26 Å². The SMILES string of the molecule is COc1cc(-c2ccoc2C=O)ccn1. The average molecular weight is 203 g/mol. The minimum absolute atomic E-state index is 0.309. The third kappa shape index (κ3) is 1.74. The van der Waals surface area contributed by atoms with Crippen LogP contribution in [0.4, 0.5) is 0 Å². The molecule has 76 valence electrons. The minimum atomic E-state index is 0.309. The van der Waals surface area contributed by atoms with Gasteiger partial charge in [-0.1, -0.05) is 0 Å². The van der Waals surface area contributed by atoms with E-state index in [2.05, 4.69) is 4.98 Å². The Bertz CT molecular complexity index is 476. The predicted molar refractivity (Wildman–Crippen MR) is 53.9 cm³/mol. The molecule has 2 heterocycles. The van der Waals surface area contributed by atoms with Gasteiger partial charge in [0, 0.05) is 17.8 Å². The molecule has 0 amide bonds. The molecule has 4 heteroatoms. The monoisotopic (exact) mass is 203 g/mol. The highest BCUT2D eigenvalue weighted by molar-refractivity contribution is 5.84. The molecule has 0 N–H and O–H groups in total. The van der Waals surface area contributed by atoms with Crippen molar-refractivity contribution >= 4 is 6.29 Å². The summed E-state index contributed by atoms with van der Waals surface area (Å²) in [4.78, 5) is 14.7. The second kappa shape index (κ2) is 3.96. The third-order valence-corrected chi connectivity index (χ3v) is 2.06. The van der Waals surface area contributed by atoms with E-state index in [-0.39, 0.29) is 0 Å². The van der Waals surface area contributed by atoms with Gasteiger partial charge in [0.25, 0.3) is 0 Å². The number of hydrogen-bond acceptors (Lipinski definition) is 4. The summed E-state index contributed by atoms with van der Waals surface area (Å²) < 4.78 is 10.0. The molecule has 0 fully saturated rings. The maximum absolute atomic E-state index is 10.7. The largest absolute Gasteiger partial charge is 0.481 e. The molecule has 2 aromatic heterocycles. The maximum atomic E-state index is 10.7. The van der Waals surface area contributed by atoms with Crippen molar-refractivity contribution in [1.29, 1.82) is 0 Å². The first-order valence-electron chi connectivity index (χ1n) is 4.38. The molecule has 0 aliphatic carbocycles. The highest BCUT2D eigenvalue weighted by Gasteiger charge is 2.08. The van der Waals surface area contributed by atoms with Crippen molar-refractivity contribution in [2.45, 2.75) is 0 Å². The molecule has 0 radical (unpaired) electrons. The molecule has 15 heavy (non-hydrogen) atoms. The summed E-state index contributed by atoms with van der Waals surface area (Å²) in [5, 5.41) is 0. The van der Waals surface area contributed by atoms with Crippen LogP contribution in [0.15, 0.2) is 35.1 Å². The van der Waals surface area contributed by atoms with E-state index >= 15 is 0 Å². The first kappa shape index (κ1) is 9.45. The fraction of sp³-hybridized carbons (Fsp3) is 0.0909. The van der Waals surface area contributed by atoms with Crippen LogP contribution in [0.1, 0.15) is 10.6 Å². The summed E-state index contributed by atoms with van der Waals surface area (Å²) in [6.07, 6.45) is 3.78. The minimum Gasteiger partial charge on any atom is -0.481 e. The van der Waals surface area contributed by atoms with Crippen molar-refractivity contribution in [1.82, 2.24) is 4.98 Å². The van der Waals surface area contributed by atoms with Crippen LogP contribution in [0.5, 0.6) is 5.88 Å². The van der Waals surface area contributed by atoms with Crippen LogP contribution in [0.3, 0.4) is 0 Å². The Balaban J connectivity index is 2.48. The summed E-state index contributed by atoms with van der Waals surface area (Å²) in [6.45, 7) is 0. The maximum Gasteiger partial charge on any atom is 0.213 e. The lowest BCUT2D eigenvalue weighted by Crippen LogP contribution is -1.88. The number of ether oxygens (including phenoxy) is 1. The van der Waals surface area contributed by atoms with E-state index < -0.39 is 0 Å². The van der Waals surface area contributed by atoms with Crippen molar-refractivity contribution in [3.05, 3.63) is 36.4 Å². The Morgan fingerprint density at radius 3 is 3.07 bits per heavy atom. The van der Waals surface area contributed by atoms with Crippen LogP contribution in [-0.4, -0.2) is 18.4 Å². The molecule has 0 spiro atoms. The van der Waals surface area contributed by atoms with Gasteiger partial charge in [0.15, 0.2) is 12.0 Å². The number of carbonyl (C=O) groups is 1. The van der Waals surface area contributed by atoms with Crippen molar-refractivity contribution in [2.24, 2.45) is 0 Å². The lowest BCUT2D eigenvalue weighted by Gasteiger charge is -2.01. The molecular formula is C11H9NO3. The van der Waals surface area contributed by atoms with Crippen LogP contribution >= 0.6 is 0 Å². The predicted octanol–water partition coefficient (Wildman–Crippen LogP) is 2.16. The van der Waals surface area contributed by atoms with Crippen molar-refractivity contribution in [2.75, 3.05) is 7.11 Å². The van der Waals surface area contributed by atoms with Gasteiger partial charge >= 0.3 is 0 Å². The molecule has 0 aliphatic rings. The molecule has 0 aliphatic heterocycles. The van der Waals surface area contributed by atoms with Gasteiger partial charge in [0.2, 0.25) is 5.88 Å². The van der Waals surface area contributed by atoms with Crippen LogP contribution in [0.25, 0.3) is 11.1 Å². The van der Waals surface area contributed by atoms with Gasteiger partial charge in [0.1, 0.15) is 0 Å². The molecule has 0 bridgehead atoms. The number of rotatable bonds is 3. The first-order chi connectivity index (χ1) is 7.35. The van der Waals surface area contributed by atoms with Crippen LogP contribution < -0.4 is 4.74 Å². The molecule has 2 aromatic rings. The lowest BCUT2D eigenvalue weighted by atomic mass is 10.1. The van der Waals surface area contributed by atoms with E-state index in [0.717, 1.165) is 11.1 Å². The zero-order chi connectivity index (χ0) is 10.7. The highest BCUT2D eigenvalue weighted by Crippen LogP contribution is 2.25. The van der Waals surface area contributed by atoms with E-state index in [4.69, 9.17) is 9.15 Å². The van der Waals surface area contributed by atoms with Gasteiger partial charge in [0.05, 0.1) is 13.4 Å². The number of carbonyl (C=O) groups excluding carboxylic acids is 1. The number of furan rings is 1. The fourth-order valence-electron chi connectivity index (χ4n) is 1.34. The van der Waals surface area contributed by atoms with E-state index in [0.29, 0.717) is 17.9 Å². The Kier molecular flexibility index (Phi) is 2.49. The number of aldehydes is 1. The quantitative estimate of drug-likeness (QED) is 0.717. The normalized spacial score (nSPS) is 9.93. The summed E-state index contributed by atoms with van der Waals surface area (Å²) in [7, 11) is 1.54. The Morgan fingerprint density at radius 1 is 1.47 bits per heavy atom. The number of methoxy groups -OCH3 is 1. The molecule has 0 atom stereocenters. The van der Waals surface area contributed by atoms with Gasteiger partial charge in [-0.05, 0) is 17.7 Å².